The molecule has 1 aromatic heterocycles. The topological polar surface area (TPSA) is 77.2 Å². The average molecular weight is 306 g/mol. The van der Waals surface area contributed by atoms with E-state index >= 15 is 0 Å². The van der Waals surface area contributed by atoms with Gasteiger partial charge in [0.05, 0.1) is 16.1 Å². The lowest BCUT2D eigenvalue weighted by Gasteiger charge is -2.21. The quantitative estimate of drug-likeness (QED) is 0.900. The highest BCUT2D eigenvalue weighted by atomic mass is 35.5. The van der Waals surface area contributed by atoms with Crippen molar-refractivity contribution >= 4 is 29.3 Å². The second kappa shape index (κ2) is 6.41. The number of nitrogens with one attached hydrogen (secondary N) is 1. The van der Waals surface area contributed by atoms with Crippen LogP contribution in [0.2, 0.25) is 10.0 Å². The van der Waals surface area contributed by atoms with Crippen molar-refractivity contribution in [1.29, 1.82) is 0 Å². The van der Waals surface area contributed by atoms with Gasteiger partial charge >= 0.3 is 6.09 Å². The van der Waals surface area contributed by atoms with Crippen LogP contribution in [0.3, 0.4) is 0 Å². The van der Waals surface area contributed by atoms with Crippen LogP contribution in [0, 0.1) is 0 Å². The summed E-state index contributed by atoms with van der Waals surface area (Å²) in [5.41, 5.74) is 5.94. The Kier molecular flexibility index (Phi) is 5.40. The molecule has 3 N–H and O–H groups in total. The summed E-state index contributed by atoms with van der Waals surface area (Å²) in [7, 11) is 0. The smallest absolute Gasteiger partial charge is 0.407 e. The van der Waals surface area contributed by atoms with E-state index in [1.165, 1.54) is 12.4 Å². The fraction of sp³-hybridized carbons (Fsp3) is 0.500. The summed E-state index contributed by atoms with van der Waals surface area (Å²) in [6.45, 7) is 5.51. The molecule has 1 heterocycles. The fourth-order valence-corrected chi connectivity index (χ4v) is 2.03. The zero-order chi connectivity index (χ0) is 14.6. The predicted octanol–water partition coefficient (Wildman–Crippen LogP) is 2.91. The summed E-state index contributed by atoms with van der Waals surface area (Å²) < 4.78 is 5.10. The monoisotopic (exact) mass is 305 g/mol. The molecule has 106 valence electrons. The largest absolute Gasteiger partial charge is 0.444 e. The van der Waals surface area contributed by atoms with Gasteiger partial charge in [-0.1, -0.05) is 23.2 Å². The standard InChI is InChI=1S/C12H17Cl2N3O2/c1-12(2,3)19-11(18)17-6-9(15)10-7(13)4-16-5-8(10)14/h4-5,9H,6,15H2,1-3H3,(H,17,18). The normalized spacial score (nSPS) is 12.9. The summed E-state index contributed by atoms with van der Waals surface area (Å²) >= 11 is 12.0. The third kappa shape index (κ3) is 5.22. The van der Waals surface area contributed by atoms with Crippen LogP contribution in [0.5, 0.6) is 0 Å². The van der Waals surface area contributed by atoms with Crippen LogP contribution in [0.15, 0.2) is 12.4 Å². The molecule has 1 amide bonds. The van der Waals surface area contributed by atoms with E-state index in [4.69, 9.17) is 33.7 Å². The van der Waals surface area contributed by atoms with Crippen LogP contribution in [-0.2, 0) is 4.74 Å². The fourth-order valence-electron chi connectivity index (χ4n) is 1.39. The van der Waals surface area contributed by atoms with Crippen molar-refractivity contribution in [3.8, 4) is 0 Å². The summed E-state index contributed by atoms with van der Waals surface area (Å²) in [4.78, 5) is 15.3. The Labute approximate surface area is 122 Å². The van der Waals surface area contributed by atoms with E-state index in [0.717, 1.165) is 0 Å². The molecule has 1 atom stereocenters. The van der Waals surface area contributed by atoms with Gasteiger partial charge in [0.15, 0.2) is 0 Å². The molecule has 0 saturated carbocycles. The van der Waals surface area contributed by atoms with E-state index in [9.17, 15) is 4.79 Å². The maximum atomic E-state index is 11.5. The molecule has 1 rings (SSSR count). The van der Waals surface area contributed by atoms with Crippen molar-refractivity contribution in [2.45, 2.75) is 32.4 Å². The molecule has 5 nitrogen and oxygen atoms in total. The van der Waals surface area contributed by atoms with Crippen molar-refractivity contribution in [3.63, 3.8) is 0 Å². The van der Waals surface area contributed by atoms with Gasteiger partial charge in [0.1, 0.15) is 5.60 Å². The van der Waals surface area contributed by atoms with E-state index in [0.29, 0.717) is 15.6 Å². The van der Waals surface area contributed by atoms with E-state index < -0.39 is 17.7 Å². The Bertz CT molecular complexity index is 441. The second-order valence-corrected chi connectivity index (χ2v) is 5.82. The number of nitrogens with zero attached hydrogens (tertiary/aromatic N) is 1. The molecule has 0 aliphatic carbocycles. The van der Waals surface area contributed by atoms with Gasteiger partial charge in [0.25, 0.3) is 0 Å². The van der Waals surface area contributed by atoms with Crippen molar-refractivity contribution in [1.82, 2.24) is 10.3 Å². The molecule has 1 unspecified atom stereocenters. The predicted molar refractivity (Wildman–Crippen MR) is 75.4 cm³/mol. The maximum absolute atomic E-state index is 11.5. The van der Waals surface area contributed by atoms with Crippen LogP contribution < -0.4 is 11.1 Å². The third-order valence-corrected chi connectivity index (χ3v) is 2.73. The Balaban J connectivity index is 2.61. The number of rotatable bonds is 3. The van der Waals surface area contributed by atoms with Crippen LogP contribution in [0.25, 0.3) is 0 Å². The van der Waals surface area contributed by atoms with Crippen LogP contribution in [-0.4, -0.2) is 23.2 Å². The zero-order valence-corrected chi connectivity index (χ0v) is 12.5. The van der Waals surface area contributed by atoms with Gasteiger partial charge in [-0.25, -0.2) is 4.79 Å². The zero-order valence-electron chi connectivity index (χ0n) is 11.0. The van der Waals surface area contributed by atoms with E-state index in [1.807, 2.05) is 0 Å². The Morgan fingerprint density at radius 1 is 1.42 bits per heavy atom. The number of amides is 1. The molecule has 0 bridgehead atoms. The molecule has 1 aromatic rings. The average Bonchev–Trinajstić information content (AvgIpc) is 2.23. The van der Waals surface area contributed by atoms with E-state index in [1.54, 1.807) is 20.8 Å². The van der Waals surface area contributed by atoms with Crippen LogP contribution >= 0.6 is 23.2 Å². The summed E-state index contributed by atoms with van der Waals surface area (Å²) in [6, 6.07) is -0.532. The lowest BCUT2D eigenvalue weighted by molar-refractivity contribution is 0.0524. The number of halogens is 2. The molecule has 0 aliphatic rings. The molecule has 0 spiro atoms. The summed E-state index contributed by atoms with van der Waals surface area (Å²) in [6.07, 6.45) is 2.37. The number of carbonyl (C=O) groups is 1. The number of aromatic nitrogens is 1. The number of alkyl carbamates (subject to hydrolysis) is 1. The van der Waals surface area contributed by atoms with Crippen molar-refractivity contribution in [2.24, 2.45) is 5.73 Å². The van der Waals surface area contributed by atoms with Crippen LogP contribution in [0.4, 0.5) is 4.79 Å². The number of ether oxygens (including phenoxy) is 1. The third-order valence-electron chi connectivity index (χ3n) is 2.13. The number of pyridine rings is 1. The minimum Gasteiger partial charge on any atom is -0.444 e. The SMILES string of the molecule is CC(C)(C)OC(=O)NCC(N)c1c(Cl)cncc1Cl. The first-order valence-corrected chi connectivity index (χ1v) is 6.47. The Morgan fingerprint density at radius 2 is 1.95 bits per heavy atom. The number of hydrogen-bond acceptors (Lipinski definition) is 4. The van der Waals surface area contributed by atoms with Gasteiger partial charge < -0.3 is 15.8 Å². The first-order chi connectivity index (χ1) is 8.70. The lowest BCUT2D eigenvalue weighted by atomic mass is 10.1. The van der Waals surface area contributed by atoms with Gasteiger partial charge in [0.2, 0.25) is 0 Å². The molecule has 0 fully saturated rings. The Morgan fingerprint density at radius 3 is 2.42 bits per heavy atom. The van der Waals surface area contributed by atoms with Gasteiger partial charge in [-0.2, -0.15) is 0 Å². The number of hydrogen-bond donors (Lipinski definition) is 2. The summed E-state index contributed by atoms with van der Waals surface area (Å²) in [5.74, 6) is 0. The molecule has 19 heavy (non-hydrogen) atoms. The van der Waals surface area contributed by atoms with Gasteiger partial charge in [0, 0.05) is 24.5 Å². The number of carbonyl (C=O) groups excluding carboxylic acids is 1. The highest BCUT2D eigenvalue weighted by molar-refractivity contribution is 6.35. The molecule has 0 saturated heterocycles. The minimum absolute atomic E-state index is 0.165. The first-order valence-electron chi connectivity index (χ1n) is 5.72. The molecule has 7 heteroatoms. The molecule has 0 radical (unpaired) electrons. The van der Waals surface area contributed by atoms with Gasteiger partial charge in [-0.3, -0.25) is 4.98 Å². The molecule has 0 aromatic carbocycles. The first kappa shape index (κ1) is 16.0. The van der Waals surface area contributed by atoms with E-state index in [2.05, 4.69) is 10.3 Å². The highest BCUT2D eigenvalue weighted by Crippen LogP contribution is 2.27. The maximum Gasteiger partial charge on any atom is 0.407 e. The number of nitrogens with two attached hydrogens (primary N) is 1. The van der Waals surface area contributed by atoms with E-state index in [-0.39, 0.29) is 6.54 Å². The van der Waals surface area contributed by atoms with Crippen molar-refractivity contribution in [3.05, 3.63) is 28.0 Å². The molecule has 0 aliphatic heterocycles. The molecular weight excluding hydrogens is 289 g/mol. The van der Waals surface area contributed by atoms with Gasteiger partial charge in [-0.15, -0.1) is 0 Å². The van der Waals surface area contributed by atoms with Gasteiger partial charge in [-0.05, 0) is 20.8 Å². The summed E-state index contributed by atoms with van der Waals surface area (Å²) in [5, 5.41) is 3.30. The van der Waals surface area contributed by atoms with Crippen molar-refractivity contribution in [2.75, 3.05) is 6.54 Å². The van der Waals surface area contributed by atoms with Crippen molar-refractivity contribution < 1.29 is 9.53 Å². The molecular formula is C12H17Cl2N3O2. The van der Waals surface area contributed by atoms with Crippen LogP contribution in [0.1, 0.15) is 32.4 Å². The minimum atomic E-state index is -0.555. The Hall–Kier alpha value is -1.04. The highest BCUT2D eigenvalue weighted by Gasteiger charge is 2.19. The second-order valence-electron chi connectivity index (χ2n) is 5.01. The lowest BCUT2D eigenvalue weighted by Crippen LogP contribution is -2.36.